The van der Waals surface area contributed by atoms with Gasteiger partial charge >= 0.3 is 0 Å². The number of anilines is 1. The summed E-state index contributed by atoms with van der Waals surface area (Å²) in [6.07, 6.45) is 5.77. The number of rotatable bonds is 4. The van der Waals surface area contributed by atoms with Crippen LogP contribution in [-0.2, 0) is 0 Å². The molecule has 0 fully saturated rings. The van der Waals surface area contributed by atoms with Gasteiger partial charge in [0.05, 0.1) is 17.4 Å². The van der Waals surface area contributed by atoms with Crippen molar-refractivity contribution < 1.29 is 4.39 Å². The first-order valence-electron chi connectivity index (χ1n) is 6.74. The Morgan fingerprint density at radius 3 is 2.85 bits per heavy atom. The second kappa shape index (κ2) is 5.33. The van der Waals surface area contributed by atoms with Crippen LogP contribution in [0.5, 0.6) is 0 Å². The zero-order valence-electron chi connectivity index (χ0n) is 11.3. The van der Waals surface area contributed by atoms with E-state index in [0.717, 1.165) is 23.9 Å². The van der Waals surface area contributed by atoms with Crippen molar-refractivity contribution in [2.45, 2.75) is 13.3 Å². The van der Waals surface area contributed by atoms with Gasteiger partial charge in [-0.05, 0) is 24.6 Å². The van der Waals surface area contributed by atoms with Gasteiger partial charge in [0.15, 0.2) is 5.82 Å². The third-order valence-electron chi connectivity index (χ3n) is 3.30. The largest absolute Gasteiger partial charge is 0.278 e. The van der Waals surface area contributed by atoms with Gasteiger partial charge in [0.1, 0.15) is 0 Å². The van der Waals surface area contributed by atoms with Gasteiger partial charge in [0.25, 0.3) is 0 Å². The maximum absolute atomic E-state index is 14.0. The first-order valence-corrected chi connectivity index (χ1v) is 6.74. The molecule has 0 aliphatic heterocycles. The summed E-state index contributed by atoms with van der Waals surface area (Å²) in [5.41, 5.74) is 1.61. The highest BCUT2D eigenvalue weighted by atomic mass is 19.1. The number of halogens is 1. The molecule has 3 nitrogen and oxygen atoms in total. The van der Waals surface area contributed by atoms with Crippen LogP contribution in [0.15, 0.2) is 55.0 Å². The third kappa shape index (κ3) is 2.13. The number of para-hydroxylation sites is 1. The maximum Gasteiger partial charge on any atom is 0.166 e. The summed E-state index contributed by atoms with van der Waals surface area (Å²) in [5, 5.41) is 3.09. The van der Waals surface area contributed by atoms with E-state index >= 15 is 0 Å². The molecule has 0 aliphatic carbocycles. The number of benzene rings is 1. The third-order valence-corrected chi connectivity index (χ3v) is 3.30. The summed E-state index contributed by atoms with van der Waals surface area (Å²) >= 11 is 0. The molecule has 4 heteroatoms. The minimum absolute atomic E-state index is 0.307. The average Bonchev–Trinajstić information content (AvgIpc) is 2.90. The van der Waals surface area contributed by atoms with Crippen molar-refractivity contribution in [2.24, 2.45) is 0 Å². The van der Waals surface area contributed by atoms with Gasteiger partial charge in [0.2, 0.25) is 0 Å². The average molecular weight is 269 g/mol. The molecule has 0 atom stereocenters. The molecule has 0 N–H and O–H groups in total. The van der Waals surface area contributed by atoms with E-state index in [1.807, 2.05) is 40.1 Å². The van der Waals surface area contributed by atoms with Crippen molar-refractivity contribution in [1.29, 1.82) is 0 Å². The van der Waals surface area contributed by atoms with E-state index in [9.17, 15) is 4.39 Å². The van der Waals surface area contributed by atoms with Crippen LogP contribution in [0.3, 0.4) is 0 Å². The number of hydrogen-bond acceptors (Lipinski definition) is 2. The molecule has 3 rings (SSSR count). The van der Waals surface area contributed by atoms with Gasteiger partial charge < -0.3 is 0 Å². The van der Waals surface area contributed by atoms with Crippen LogP contribution in [0, 0.1) is 5.82 Å². The predicted octanol–water partition coefficient (Wildman–Crippen LogP) is 3.86. The van der Waals surface area contributed by atoms with Crippen molar-refractivity contribution in [2.75, 3.05) is 11.6 Å². The van der Waals surface area contributed by atoms with Crippen LogP contribution >= 0.6 is 0 Å². The van der Waals surface area contributed by atoms with E-state index in [4.69, 9.17) is 0 Å². The summed E-state index contributed by atoms with van der Waals surface area (Å²) in [6.45, 7) is 2.82. The lowest BCUT2D eigenvalue weighted by Gasteiger charge is -2.26. The second-order valence-corrected chi connectivity index (χ2v) is 4.67. The number of aromatic nitrogens is 2. The highest BCUT2D eigenvalue weighted by Crippen LogP contribution is 2.23. The lowest BCUT2D eigenvalue weighted by atomic mass is 10.2. The normalized spacial score (nSPS) is 10.9. The smallest absolute Gasteiger partial charge is 0.166 e. The fourth-order valence-corrected chi connectivity index (χ4v) is 2.41. The number of nitrogens with zero attached hydrogens (tertiary/aromatic N) is 3. The minimum atomic E-state index is -0.307. The Hall–Kier alpha value is -2.36. The Balaban J connectivity index is 2.14. The van der Waals surface area contributed by atoms with Crippen LogP contribution in [-0.4, -0.2) is 16.2 Å². The summed E-state index contributed by atoms with van der Waals surface area (Å²) < 4.78 is 16.0. The van der Waals surface area contributed by atoms with Crippen LogP contribution in [0.1, 0.15) is 13.3 Å². The van der Waals surface area contributed by atoms with Gasteiger partial charge in [-0.25, -0.2) is 4.39 Å². The molecule has 2 aromatic heterocycles. The van der Waals surface area contributed by atoms with Crippen LogP contribution in [0.2, 0.25) is 0 Å². The highest BCUT2D eigenvalue weighted by Gasteiger charge is 2.14. The molecule has 0 bridgehead atoms. The zero-order chi connectivity index (χ0) is 13.9. The topological polar surface area (TPSA) is 21.1 Å². The van der Waals surface area contributed by atoms with Gasteiger partial charge in [-0.15, -0.1) is 0 Å². The van der Waals surface area contributed by atoms with E-state index in [0.29, 0.717) is 5.69 Å². The Labute approximate surface area is 117 Å². The monoisotopic (exact) mass is 269 g/mol. The Morgan fingerprint density at radius 2 is 2.05 bits per heavy atom. The van der Waals surface area contributed by atoms with Crippen molar-refractivity contribution in [1.82, 2.24) is 9.66 Å². The van der Waals surface area contributed by atoms with E-state index in [1.165, 1.54) is 6.20 Å². The van der Waals surface area contributed by atoms with Crippen molar-refractivity contribution in [3.63, 3.8) is 0 Å². The molecule has 2 heterocycles. The quantitative estimate of drug-likeness (QED) is 0.717. The van der Waals surface area contributed by atoms with E-state index in [2.05, 4.69) is 18.0 Å². The van der Waals surface area contributed by atoms with Crippen LogP contribution in [0.25, 0.3) is 10.9 Å². The molecule has 0 radical (unpaired) electrons. The van der Waals surface area contributed by atoms with E-state index in [1.54, 1.807) is 12.3 Å². The maximum atomic E-state index is 14.0. The summed E-state index contributed by atoms with van der Waals surface area (Å²) in [4.78, 5) is 3.82. The molecule has 0 saturated heterocycles. The molecule has 3 aromatic rings. The molecule has 0 saturated carbocycles. The predicted molar refractivity (Wildman–Crippen MR) is 79.2 cm³/mol. The van der Waals surface area contributed by atoms with Crippen LogP contribution < -0.4 is 5.01 Å². The zero-order valence-corrected chi connectivity index (χ0v) is 11.3. The van der Waals surface area contributed by atoms with E-state index < -0.39 is 0 Å². The summed E-state index contributed by atoms with van der Waals surface area (Å²) in [6, 6.07) is 11.8. The minimum Gasteiger partial charge on any atom is -0.278 e. The van der Waals surface area contributed by atoms with Crippen LogP contribution in [0.4, 0.5) is 10.1 Å². The molecule has 20 heavy (non-hydrogen) atoms. The first kappa shape index (κ1) is 12.7. The molecule has 102 valence electrons. The molecule has 0 unspecified atom stereocenters. The molecule has 0 amide bonds. The fraction of sp³-hybridized carbons (Fsp3) is 0.188. The van der Waals surface area contributed by atoms with Gasteiger partial charge in [-0.3, -0.25) is 14.7 Å². The lowest BCUT2D eigenvalue weighted by Crippen LogP contribution is -2.30. The fourth-order valence-electron chi connectivity index (χ4n) is 2.41. The van der Waals surface area contributed by atoms with Gasteiger partial charge in [0, 0.05) is 24.3 Å². The van der Waals surface area contributed by atoms with Gasteiger partial charge in [-0.2, -0.15) is 0 Å². The van der Waals surface area contributed by atoms with Gasteiger partial charge in [-0.1, -0.05) is 25.1 Å². The molecule has 0 aliphatic rings. The lowest BCUT2D eigenvalue weighted by molar-refractivity contribution is 0.596. The Bertz CT molecular complexity index is 720. The van der Waals surface area contributed by atoms with Crippen molar-refractivity contribution >= 4 is 16.6 Å². The highest BCUT2D eigenvalue weighted by molar-refractivity contribution is 5.80. The second-order valence-electron chi connectivity index (χ2n) is 4.67. The summed E-state index contributed by atoms with van der Waals surface area (Å²) in [7, 11) is 0. The molecular weight excluding hydrogens is 253 g/mol. The Morgan fingerprint density at radius 1 is 1.20 bits per heavy atom. The summed E-state index contributed by atoms with van der Waals surface area (Å²) in [5.74, 6) is -0.307. The van der Waals surface area contributed by atoms with Crippen molar-refractivity contribution in [3.05, 3.63) is 60.8 Å². The number of hydrogen-bond donors (Lipinski definition) is 0. The number of fused-ring (bicyclic) bond motifs is 1. The number of pyridine rings is 1. The standard InChI is InChI=1S/C16H16FN3/c1-2-10-19(16-7-9-18-12-14(16)17)20-11-8-13-5-3-4-6-15(13)20/h3-9,11-12H,2,10H2,1H3. The molecule has 0 spiro atoms. The first-order chi connectivity index (χ1) is 9.81. The molecule has 1 aromatic carbocycles. The Kier molecular flexibility index (Phi) is 3.37. The molecular formula is C16H16FN3. The SMILES string of the molecule is CCCN(c1ccncc1F)n1ccc2ccccc21. The van der Waals surface area contributed by atoms with Crippen molar-refractivity contribution in [3.8, 4) is 0 Å². The van der Waals surface area contributed by atoms with E-state index in [-0.39, 0.29) is 5.82 Å².